The van der Waals surface area contributed by atoms with Crippen molar-refractivity contribution in [3.8, 4) is 11.5 Å². The maximum absolute atomic E-state index is 11.6. The Morgan fingerprint density at radius 2 is 1.48 bits per heavy atom. The van der Waals surface area contributed by atoms with Gasteiger partial charge in [0.2, 0.25) is 0 Å². The van der Waals surface area contributed by atoms with Gasteiger partial charge < -0.3 is 54.7 Å². The molecule has 1 fully saturated rings. The average molecular weight is 593 g/mol. The molecule has 0 saturated carbocycles. The van der Waals surface area contributed by atoms with Crippen LogP contribution in [0.5, 0.6) is 11.5 Å². The van der Waals surface area contributed by atoms with Crippen LogP contribution in [0, 0.1) is 0 Å². The second-order valence-corrected chi connectivity index (χ2v) is 9.44. The quantitative estimate of drug-likeness (QED) is 0.0830. The summed E-state index contributed by atoms with van der Waals surface area (Å²) in [5, 5.41) is 70.2. The fourth-order valence-electron chi connectivity index (χ4n) is 4.02. The lowest BCUT2D eigenvalue weighted by atomic mass is 9.99. The molecule has 0 aliphatic carbocycles. The number of hydrogen-bond donors (Lipinski definition) is 7. The Labute approximate surface area is 241 Å². The summed E-state index contributed by atoms with van der Waals surface area (Å²) in [7, 11) is 0. The number of aromatic hydroxyl groups is 2. The number of aliphatic hydroxyl groups is 5. The van der Waals surface area contributed by atoms with E-state index in [1.165, 1.54) is 30.5 Å². The minimum absolute atomic E-state index is 0.0742. The van der Waals surface area contributed by atoms with Gasteiger partial charge in [0.1, 0.15) is 42.0 Å². The number of aliphatic hydroxyl groups excluding tert-OH is 5. The first kappa shape index (κ1) is 33.0. The number of benzene rings is 2. The number of rotatable bonds is 14. The summed E-state index contributed by atoms with van der Waals surface area (Å²) < 4.78 is 21.9. The highest BCUT2D eigenvalue weighted by Crippen LogP contribution is 2.26. The van der Waals surface area contributed by atoms with Crippen LogP contribution < -0.4 is 0 Å². The number of carbonyl (C=O) groups is 1. The van der Waals surface area contributed by atoms with E-state index in [0.717, 1.165) is 24.3 Å². The summed E-state index contributed by atoms with van der Waals surface area (Å²) in [6.07, 6.45) is -9.46. The Morgan fingerprint density at radius 1 is 0.929 bits per heavy atom. The third-order valence-electron chi connectivity index (χ3n) is 6.18. The fraction of sp³-hybridized carbons (Fsp3) is 0.464. The largest absolute Gasteiger partial charge is 0.508 e. The van der Waals surface area contributed by atoms with Crippen molar-refractivity contribution in [2.24, 2.45) is 9.98 Å². The van der Waals surface area contributed by atoms with E-state index in [0.29, 0.717) is 0 Å². The number of carbonyl (C=O) groups excluding carboxylic acids is 1. The molecule has 1 aliphatic heterocycles. The second-order valence-electron chi connectivity index (χ2n) is 9.44. The zero-order chi connectivity index (χ0) is 30.6. The van der Waals surface area contributed by atoms with Crippen LogP contribution in [0.1, 0.15) is 18.1 Å². The lowest BCUT2D eigenvalue weighted by Gasteiger charge is -2.42. The van der Waals surface area contributed by atoms with Gasteiger partial charge in [0, 0.05) is 13.1 Å². The Hall–Kier alpha value is -3.47. The third-order valence-corrected chi connectivity index (χ3v) is 6.18. The van der Waals surface area contributed by atoms with Gasteiger partial charge in [0.15, 0.2) is 18.7 Å². The first-order valence-corrected chi connectivity index (χ1v) is 13.1. The van der Waals surface area contributed by atoms with Gasteiger partial charge in [-0.25, -0.2) is 0 Å². The molecule has 7 N–H and O–H groups in total. The molecule has 14 heteroatoms. The smallest absolute Gasteiger partial charge is 0.303 e. The van der Waals surface area contributed by atoms with E-state index in [4.69, 9.17) is 18.9 Å². The number of phenols is 2. The van der Waals surface area contributed by atoms with E-state index >= 15 is 0 Å². The average Bonchev–Trinajstić information content (AvgIpc) is 2.96. The van der Waals surface area contributed by atoms with Crippen LogP contribution in [-0.2, 0) is 36.8 Å². The Kier molecular flexibility index (Phi) is 12.8. The van der Waals surface area contributed by atoms with E-state index in [2.05, 4.69) is 9.98 Å². The summed E-state index contributed by atoms with van der Waals surface area (Å²) in [6.45, 7) is -0.0138. The first-order chi connectivity index (χ1) is 20.1. The van der Waals surface area contributed by atoms with Crippen LogP contribution in [0.2, 0.25) is 0 Å². The van der Waals surface area contributed by atoms with E-state index in [-0.39, 0.29) is 24.6 Å². The van der Waals surface area contributed by atoms with Crippen LogP contribution >= 0.6 is 0 Å². The molecule has 0 spiro atoms. The number of hydrogen-bond acceptors (Lipinski definition) is 14. The van der Waals surface area contributed by atoms with Gasteiger partial charge in [-0.05, 0) is 35.4 Å². The standard InChI is InChI=1S/C28H36N2O12/c1-16(33)39-27-25(37)23(15-32)42-28(26(27)38)41-21(12-29-10-17-2-6-19(34)7-3-17)22(14-31)40-24(36)13-30-11-18-4-8-20(35)9-5-18/h2-9,12-13,21-28,31-32,34-38H,10-11,14-15H2,1H3/t21-,22+,23+,24-,25-,26+,27-,28+/m0/s1. The number of ether oxygens (including phenoxy) is 4. The predicted octanol–water partition coefficient (Wildman–Crippen LogP) is -0.609. The molecule has 0 bridgehead atoms. The fourth-order valence-corrected chi connectivity index (χ4v) is 4.02. The molecule has 3 rings (SSSR count). The van der Waals surface area contributed by atoms with Crippen molar-refractivity contribution in [3.63, 3.8) is 0 Å². The van der Waals surface area contributed by atoms with Gasteiger partial charge >= 0.3 is 5.97 Å². The summed E-state index contributed by atoms with van der Waals surface area (Å²) in [5.74, 6) is -0.625. The maximum atomic E-state index is 11.6. The van der Waals surface area contributed by atoms with Crippen molar-refractivity contribution in [3.05, 3.63) is 59.7 Å². The molecule has 1 aliphatic rings. The molecule has 2 aromatic carbocycles. The van der Waals surface area contributed by atoms with E-state index in [9.17, 15) is 40.5 Å². The summed E-state index contributed by atoms with van der Waals surface area (Å²) in [6, 6.07) is 12.5. The third kappa shape index (κ3) is 9.82. The van der Waals surface area contributed by atoms with Gasteiger partial charge in [-0.2, -0.15) is 0 Å². The molecule has 42 heavy (non-hydrogen) atoms. The molecule has 1 heterocycles. The van der Waals surface area contributed by atoms with Crippen molar-refractivity contribution in [2.75, 3.05) is 13.2 Å². The highest BCUT2D eigenvalue weighted by Gasteiger charge is 2.48. The molecule has 8 atom stereocenters. The van der Waals surface area contributed by atoms with E-state index in [1.807, 2.05) is 0 Å². The highest BCUT2D eigenvalue weighted by molar-refractivity contribution is 5.66. The van der Waals surface area contributed by atoms with Crippen molar-refractivity contribution in [1.82, 2.24) is 0 Å². The van der Waals surface area contributed by atoms with E-state index < -0.39 is 68.4 Å². The van der Waals surface area contributed by atoms with Gasteiger partial charge in [0.05, 0.1) is 32.5 Å². The van der Waals surface area contributed by atoms with Gasteiger partial charge in [-0.15, -0.1) is 0 Å². The van der Waals surface area contributed by atoms with Crippen LogP contribution in [0.25, 0.3) is 0 Å². The number of nitrogens with zero attached hydrogens (tertiary/aromatic N) is 2. The zero-order valence-corrected chi connectivity index (χ0v) is 22.8. The second kappa shape index (κ2) is 16.2. The molecule has 0 unspecified atom stereocenters. The van der Waals surface area contributed by atoms with Crippen LogP contribution in [0.3, 0.4) is 0 Å². The van der Waals surface area contributed by atoms with Crippen LogP contribution in [0.15, 0.2) is 58.5 Å². The first-order valence-electron chi connectivity index (χ1n) is 13.1. The monoisotopic (exact) mass is 592 g/mol. The molecule has 230 valence electrons. The molecule has 1 saturated heterocycles. The van der Waals surface area contributed by atoms with Crippen LogP contribution in [0.4, 0.5) is 0 Å². The Bertz CT molecular complexity index is 1160. The van der Waals surface area contributed by atoms with Crippen LogP contribution in [-0.4, -0.2) is 117 Å². The SMILES string of the molecule is CC(=O)O[C@H]1[C@@H](O)[C@@H](CO)O[C@@H](O[C@@H](C=NCc2ccc(O)cc2)[C@@H](CO)O[C@H](O)C=NCc2ccc(O)cc2)[C@@H]1O. The molecule has 0 amide bonds. The Morgan fingerprint density at radius 3 is 1.98 bits per heavy atom. The lowest BCUT2D eigenvalue weighted by molar-refractivity contribution is -0.315. The normalized spacial score (nSPS) is 25.0. The van der Waals surface area contributed by atoms with E-state index in [1.54, 1.807) is 24.3 Å². The lowest BCUT2D eigenvalue weighted by Crippen LogP contribution is -2.61. The van der Waals surface area contributed by atoms with Gasteiger partial charge in [-0.3, -0.25) is 14.8 Å². The topological polar surface area (TPSA) is 220 Å². The molecule has 0 radical (unpaired) electrons. The molecular weight excluding hydrogens is 556 g/mol. The molecule has 0 aromatic heterocycles. The molecule has 2 aromatic rings. The summed E-state index contributed by atoms with van der Waals surface area (Å²) in [4.78, 5) is 19.9. The van der Waals surface area contributed by atoms with Crippen molar-refractivity contribution >= 4 is 18.4 Å². The minimum Gasteiger partial charge on any atom is -0.508 e. The summed E-state index contributed by atoms with van der Waals surface area (Å²) in [5.41, 5.74) is 1.47. The number of phenolic OH excluding ortho intramolecular Hbond substituents is 2. The van der Waals surface area contributed by atoms with Crippen molar-refractivity contribution < 1.29 is 59.5 Å². The zero-order valence-electron chi connectivity index (χ0n) is 22.8. The summed E-state index contributed by atoms with van der Waals surface area (Å²) >= 11 is 0. The minimum atomic E-state index is -1.71. The molecule has 14 nitrogen and oxygen atoms in total. The Balaban J connectivity index is 1.77. The maximum Gasteiger partial charge on any atom is 0.303 e. The van der Waals surface area contributed by atoms with Crippen molar-refractivity contribution in [1.29, 1.82) is 0 Å². The number of aliphatic imine (C=N–C) groups is 2. The van der Waals surface area contributed by atoms with Crippen molar-refractivity contribution in [2.45, 2.75) is 69.2 Å². The van der Waals surface area contributed by atoms with Gasteiger partial charge in [0.25, 0.3) is 0 Å². The number of esters is 1. The predicted molar refractivity (Wildman–Crippen MR) is 147 cm³/mol. The highest BCUT2D eigenvalue weighted by atomic mass is 16.7. The van der Waals surface area contributed by atoms with Gasteiger partial charge in [-0.1, -0.05) is 24.3 Å². The molecular formula is C28H36N2O12.